The monoisotopic (exact) mass is 287 g/mol. The van der Waals surface area contributed by atoms with E-state index in [0.717, 1.165) is 5.56 Å². The molecular formula is C15H14FN3O2. The Bertz CT molecular complexity index is 619. The molecule has 0 aliphatic carbocycles. The first kappa shape index (κ1) is 13.6. The van der Waals surface area contributed by atoms with Crippen molar-refractivity contribution in [3.05, 3.63) is 59.9 Å². The second kappa shape index (κ2) is 5.97. The predicted molar refractivity (Wildman–Crippen MR) is 73.0 cm³/mol. The van der Waals surface area contributed by atoms with Gasteiger partial charge in [-0.15, -0.1) is 0 Å². The molecular weight excluding hydrogens is 273 g/mol. The number of carbonyl (C=O) groups excluding carboxylic acids is 1. The molecule has 0 N–H and O–H groups in total. The van der Waals surface area contributed by atoms with Gasteiger partial charge in [0.15, 0.2) is 0 Å². The Morgan fingerprint density at radius 2 is 2.10 bits per heavy atom. The lowest BCUT2D eigenvalue weighted by molar-refractivity contribution is -0.0230. The molecule has 1 saturated heterocycles. The van der Waals surface area contributed by atoms with Crippen molar-refractivity contribution < 1.29 is 13.9 Å². The molecule has 5 nitrogen and oxygen atoms in total. The Morgan fingerprint density at radius 3 is 2.81 bits per heavy atom. The van der Waals surface area contributed by atoms with Crippen LogP contribution in [0.15, 0.2) is 42.9 Å². The fraction of sp³-hybridized carbons (Fsp3) is 0.267. The second-order valence-electron chi connectivity index (χ2n) is 4.75. The van der Waals surface area contributed by atoms with Crippen LogP contribution in [0, 0.1) is 5.82 Å². The van der Waals surface area contributed by atoms with Gasteiger partial charge in [-0.25, -0.2) is 9.37 Å². The molecule has 3 rings (SSSR count). The Kier molecular flexibility index (Phi) is 3.87. The van der Waals surface area contributed by atoms with Crippen molar-refractivity contribution in [2.75, 3.05) is 19.7 Å². The standard InChI is InChI=1S/C15H14FN3O2/c16-12-3-1-11(2-4-12)14-10-19(7-8-21-14)15(20)13-9-17-5-6-18-13/h1-6,9,14H,7-8,10H2/t14-/m0/s1. The molecule has 1 aliphatic heterocycles. The highest BCUT2D eigenvalue weighted by Gasteiger charge is 2.26. The van der Waals surface area contributed by atoms with Crippen LogP contribution in [0.4, 0.5) is 4.39 Å². The number of carbonyl (C=O) groups is 1. The summed E-state index contributed by atoms with van der Waals surface area (Å²) in [4.78, 5) is 21.9. The van der Waals surface area contributed by atoms with E-state index in [-0.39, 0.29) is 17.8 Å². The van der Waals surface area contributed by atoms with Crippen LogP contribution < -0.4 is 0 Å². The van der Waals surface area contributed by atoms with Crippen LogP contribution in [0.2, 0.25) is 0 Å². The van der Waals surface area contributed by atoms with E-state index in [2.05, 4.69) is 9.97 Å². The van der Waals surface area contributed by atoms with E-state index < -0.39 is 0 Å². The molecule has 1 aromatic heterocycles. The molecule has 1 aliphatic rings. The van der Waals surface area contributed by atoms with Crippen molar-refractivity contribution in [1.82, 2.24) is 14.9 Å². The molecule has 2 aromatic rings. The highest BCUT2D eigenvalue weighted by atomic mass is 19.1. The molecule has 1 amide bonds. The molecule has 0 saturated carbocycles. The Labute approximate surface area is 121 Å². The number of rotatable bonds is 2. The maximum Gasteiger partial charge on any atom is 0.274 e. The van der Waals surface area contributed by atoms with Crippen molar-refractivity contribution >= 4 is 5.91 Å². The smallest absolute Gasteiger partial charge is 0.274 e. The predicted octanol–water partition coefficient (Wildman–Crippen LogP) is 1.83. The normalized spacial score (nSPS) is 18.5. The lowest BCUT2D eigenvalue weighted by atomic mass is 10.1. The summed E-state index contributed by atoms with van der Waals surface area (Å²) in [6.45, 7) is 1.36. The minimum absolute atomic E-state index is 0.168. The Balaban J connectivity index is 1.74. The van der Waals surface area contributed by atoms with Gasteiger partial charge in [-0.2, -0.15) is 0 Å². The van der Waals surface area contributed by atoms with Gasteiger partial charge in [-0.1, -0.05) is 12.1 Å². The molecule has 2 heterocycles. The molecule has 0 bridgehead atoms. The summed E-state index contributed by atoms with van der Waals surface area (Å²) in [5, 5.41) is 0. The van der Waals surface area contributed by atoms with Crippen molar-refractivity contribution in [2.24, 2.45) is 0 Å². The number of morpholine rings is 1. The average Bonchev–Trinajstić information content (AvgIpc) is 2.56. The first-order chi connectivity index (χ1) is 10.2. The van der Waals surface area contributed by atoms with Crippen LogP contribution in [0.25, 0.3) is 0 Å². The van der Waals surface area contributed by atoms with E-state index in [9.17, 15) is 9.18 Å². The molecule has 0 spiro atoms. The topological polar surface area (TPSA) is 55.3 Å². The van der Waals surface area contributed by atoms with Crippen molar-refractivity contribution in [1.29, 1.82) is 0 Å². The zero-order chi connectivity index (χ0) is 14.7. The van der Waals surface area contributed by atoms with Crippen LogP contribution in [0.3, 0.4) is 0 Å². The van der Waals surface area contributed by atoms with E-state index in [1.165, 1.54) is 30.7 Å². The zero-order valence-corrected chi connectivity index (χ0v) is 11.3. The second-order valence-corrected chi connectivity index (χ2v) is 4.75. The molecule has 1 atom stereocenters. The third-order valence-electron chi connectivity index (χ3n) is 3.38. The number of nitrogens with zero attached hydrogens (tertiary/aromatic N) is 3. The summed E-state index contributed by atoms with van der Waals surface area (Å²) < 4.78 is 18.6. The number of hydrogen-bond acceptors (Lipinski definition) is 4. The largest absolute Gasteiger partial charge is 0.370 e. The van der Waals surface area contributed by atoms with E-state index in [1.54, 1.807) is 17.0 Å². The fourth-order valence-corrected chi connectivity index (χ4v) is 2.28. The third-order valence-corrected chi connectivity index (χ3v) is 3.38. The Hall–Kier alpha value is -2.34. The lowest BCUT2D eigenvalue weighted by Gasteiger charge is -2.33. The summed E-state index contributed by atoms with van der Waals surface area (Å²) in [5.41, 5.74) is 1.17. The molecule has 21 heavy (non-hydrogen) atoms. The number of hydrogen-bond donors (Lipinski definition) is 0. The fourth-order valence-electron chi connectivity index (χ4n) is 2.28. The van der Waals surface area contributed by atoms with Crippen LogP contribution >= 0.6 is 0 Å². The van der Waals surface area contributed by atoms with Gasteiger partial charge in [-0.3, -0.25) is 9.78 Å². The van der Waals surface area contributed by atoms with Crippen LogP contribution in [-0.4, -0.2) is 40.5 Å². The summed E-state index contributed by atoms with van der Waals surface area (Å²) in [6, 6.07) is 6.14. The van der Waals surface area contributed by atoms with Crippen molar-refractivity contribution in [3.8, 4) is 0 Å². The van der Waals surface area contributed by atoms with E-state index in [0.29, 0.717) is 25.4 Å². The van der Waals surface area contributed by atoms with Gasteiger partial charge in [-0.05, 0) is 17.7 Å². The summed E-state index contributed by atoms with van der Waals surface area (Å²) >= 11 is 0. The zero-order valence-electron chi connectivity index (χ0n) is 11.3. The first-order valence-corrected chi connectivity index (χ1v) is 6.66. The molecule has 0 radical (unpaired) electrons. The van der Waals surface area contributed by atoms with Crippen molar-refractivity contribution in [3.63, 3.8) is 0 Å². The number of ether oxygens (including phenoxy) is 1. The highest BCUT2D eigenvalue weighted by molar-refractivity contribution is 5.92. The van der Waals surface area contributed by atoms with E-state index in [1.807, 2.05) is 0 Å². The van der Waals surface area contributed by atoms with Gasteiger partial charge >= 0.3 is 0 Å². The SMILES string of the molecule is O=C(c1cnccn1)N1CCO[C@H](c2ccc(F)cc2)C1. The summed E-state index contributed by atoms with van der Waals surface area (Å²) in [7, 11) is 0. The first-order valence-electron chi connectivity index (χ1n) is 6.66. The number of aromatic nitrogens is 2. The minimum Gasteiger partial charge on any atom is -0.370 e. The third kappa shape index (κ3) is 3.05. The van der Waals surface area contributed by atoms with E-state index >= 15 is 0 Å². The van der Waals surface area contributed by atoms with Crippen LogP contribution in [0.5, 0.6) is 0 Å². The van der Waals surface area contributed by atoms with Gasteiger partial charge in [0.1, 0.15) is 17.6 Å². The van der Waals surface area contributed by atoms with Gasteiger partial charge < -0.3 is 9.64 Å². The maximum absolute atomic E-state index is 13.0. The minimum atomic E-state index is -0.290. The van der Waals surface area contributed by atoms with Crippen LogP contribution in [0.1, 0.15) is 22.2 Å². The molecule has 1 fully saturated rings. The quantitative estimate of drug-likeness (QED) is 0.845. The molecule has 6 heteroatoms. The summed E-state index contributed by atoms with van der Waals surface area (Å²) in [5.74, 6) is -0.458. The molecule has 0 unspecified atom stereocenters. The summed E-state index contributed by atoms with van der Waals surface area (Å²) in [6.07, 6.45) is 4.22. The number of benzene rings is 1. The van der Waals surface area contributed by atoms with Crippen LogP contribution in [-0.2, 0) is 4.74 Å². The molecule has 1 aromatic carbocycles. The number of halogens is 1. The lowest BCUT2D eigenvalue weighted by Crippen LogP contribution is -2.42. The highest BCUT2D eigenvalue weighted by Crippen LogP contribution is 2.23. The van der Waals surface area contributed by atoms with Gasteiger partial charge in [0, 0.05) is 18.9 Å². The van der Waals surface area contributed by atoms with Gasteiger partial charge in [0.05, 0.1) is 19.3 Å². The van der Waals surface area contributed by atoms with E-state index in [4.69, 9.17) is 4.74 Å². The van der Waals surface area contributed by atoms with Crippen molar-refractivity contribution in [2.45, 2.75) is 6.10 Å². The average molecular weight is 287 g/mol. The molecule has 108 valence electrons. The number of amides is 1. The van der Waals surface area contributed by atoms with Gasteiger partial charge in [0.25, 0.3) is 5.91 Å². The Morgan fingerprint density at radius 1 is 1.29 bits per heavy atom. The maximum atomic E-state index is 13.0. The van der Waals surface area contributed by atoms with Gasteiger partial charge in [0.2, 0.25) is 0 Å².